The third-order valence-electron chi connectivity index (χ3n) is 9.21. The Morgan fingerprint density at radius 1 is 0.450 bits per heavy atom. The largest absolute Gasteiger partial charge is 0.161 e. The van der Waals surface area contributed by atoms with Crippen LogP contribution in [-0.2, 0) is 0 Å². The molecule has 196 valence electrons. The Hall–Kier alpha value is -4.20. The molecular weight excluding hydrogens is 497 g/mol. The van der Waals surface area contributed by atoms with E-state index in [-0.39, 0.29) is 5.04 Å². The fraction of sp³-hybridized carbons (Fsp3) is 0.128. The molecule has 1 aliphatic rings. The van der Waals surface area contributed by atoms with Gasteiger partial charge in [0.1, 0.15) is 0 Å². The molecule has 6 rings (SSSR count). The second-order valence-corrected chi connectivity index (χ2v) is 15.6. The molecule has 5 aromatic carbocycles. The minimum atomic E-state index is -2.72. The molecule has 0 nitrogen and oxygen atoms in total. The Labute approximate surface area is 240 Å². The first kappa shape index (κ1) is 26.0. The number of hydrogen-bond acceptors (Lipinski definition) is 0. The molecule has 5 aromatic rings. The zero-order valence-electron chi connectivity index (χ0n) is 23.9. The van der Waals surface area contributed by atoms with Gasteiger partial charge in [0.25, 0.3) is 0 Å². The summed E-state index contributed by atoms with van der Waals surface area (Å²) in [5.74, 6) is 0. The summed E-state index contributed by atoms with van der Waals surface area (Å²) in [6.45, 7) is 9.47. The van der Waals surface area contributed by atoms with Gasteiger partial charge in [-0.2, -0.15) is 0 Å². The van der Waals surface area contributed by atoms with Gasteiger partial charge in [-0.1, -0.05) is 158 Å². The molecule has 0 fully saturated rings. The quantitative estimate of drug-likeness (QED) is 0.152. The van der Waals surface area contributed by atoms with Crippen molar-refractivity contribution < 1.29 is 0 Å². The van der Waals surface area contributed by atoms with E-state index in [1.165, 1.54) is 54.5 Å². The Balaban J connectivity index is 1.79. The van der Waals surface area contributed by atoms with Gasteiger partial charge in [-0.15, -0.1) is 0 Å². The van der Waals surface area contributed by atoms with E-state index in [0.29, 0.717) is 0 Å². The van der Waals surface area contributed by atoms with Crippen molar-refractivity contribution in [3.8, 4) is 22.3 Å². The maximum atomic E-state index is 2.58. The first-order valence-electron chi connectivity index (χ1n) is 14.2. The molecule has 0 radical (unpaired) electrons. The van der Waals surface area contributed by atoms with E-state index >= 15 is 0 Å². The van der Waals surface area contributed by atoms with Crippen molar-refractivity contribution in [3.63, 3.8) is 0 Å². The van der Waals surface area contributed by atoms with Crippen LogP contribution in [0.3, 0.4) is 0 Å². The summed E-state index contributed by atoms with van der Waals surface area (Å²) in [4.78, 5) is 0. The van der Waals surface area contributed by atoms with Crippen molar-refractivity contribution in [1.29, 1.82) is 0 Å². The molecule has 0 N–H and O–H groups in total. The summed E-state index contributed by atoms with van der Waals surface area (Å²) < 4.78 is 0. The molecule has 0 amide bonds. The lowest BCUT2D eigenvalue weighted by molar-refractivity contribution is 0.870. The Kier molecular flexibility index (Phi) is 6.78. The van der Waals surface area contributed by atoms with Gasteiger partial charge in [0.2, 0.25) is 0 Å². The van der Waals surface area contributed by atoms with E-state index in [1.807, 2.05) is 0 Å². The molecule has 0 spiro atoms. The van der Waals surface area contributed by atoms with Crippen molar-refractivity contribution in [2.24, 2.45) is 0 Å². The maximum absolute atomic E-state index is 2.72. The van der Waals surface area contributed by atoms with Crippen LogP contribution in [0.15, 0.2) is 162 Å². The highest BCUT2D eigenvalue weighted by molar-refractivity contribution is 7.14. The third kappa shape index (κ3) is 4.13. The van der Waals surface area contributed by atoms with Gasteiger partial charge in [0.15, 0.2) is 8.07 Å². The van der Waals surface area contributed by atoms with Crippen molar-refractivity contribution >= 4 is 23.6 Å². The molecule has 1 aliphatic carbocycles. The lowest BCUT2D eigenvalue weighted by Gasteiger charge is -2.47. The highest BCUT2D eigenvalue weighted by Crippen LogP contribution is 2.53. The molecule has 0 saturated heterocycles. The van der Waals surface area contributed by atoms with Crippen LogP contribution in [0, 0.1) is 0 Å². The minimum absolute atomic E-state index is 0.146. The van der Waals surface area contributed by atoms with Crippen LogP contribution in [0.5, 0.6) is 0 Å². The summed E-state index contributed by atoms with van der Waals surface area (Å²) in [6, 6.07) is 51.8. The molecule has 0 aliphatic heterocycles. The number of allylic oxidation sites excluding steroid dienone is 4. The predicted octanol–water partition coefficient (Wildman–Crippen LogP) is 8.55. The monoisotopic (exact) mass is 532 g/mol. The first-order valence-corrected chi connectivity index (χ1v) is 16.2. The normalized spacial score (nSPS) is 17.1. The van der Waals surface area contributed by atoms with Gasteiger partial charge >= 0.3 is 0 Å². The molecule has 1 atom stereocenters. The SMILES string of the molecule is CC1=CC(C)([Si](c2ccccc2)(c2ccccc2)c2cc(-c3ccccc3)cc(-c3ccccc3)c2)C(C)=C1C. The fourth-order valence-corrected chi connectivity index (χ4v) is 13.0. The molecule has 0 heterocycles. The van der Waals surface area contributed by atoms with Crippen LogP contribution >= 0.6 is 0 Å². The third-order valence-corrected chi connectivity index (χ3v) is 14.8. The van der Waals surface area contributed by atoms with Crippen LogP contribution in [0.4, 0.5) is 0 Å². The summed E-state index contributed by atoms with van der Waals surface area (Å²) in [5, 5.41) is 4.16. The smallest absolute Gasteiger partial charge is 0.0730 e. The van der Waals surface area contributed by atoms with Gasteiger partial charge < -0.3 is 0 Å². The maximum Gasteiger partial charge on any atom is 0.161 e. The lowest BCUT2D eigenvalue weighted by Crippen LogP contribution is -2.73. The summed E-state index contributed by atoms with van der Waals surface area (Å²) >= 11 is 0. The van der Waals surface area contributed by atoms with E-state index in [9.17, 15) is 0 Å². The van der Waals surface area contributed by atoms with Crippen molar-refractivity contribution in [1.82, 2.24) is 0 Å². The summed E-state index contributed by atoms with van der Waals surface area (Å²) in [6.07, 6.45) is 2.58. The summed E-state index contributed by atoms with van der Waals surface area (Å²) in [5.41, 5.74) is 9.33. The second-order valence-electron chi connectivity index (χ2n) is 11.3. The van der Waals surface area contributed by atoms with Crippen molar-refractivity contribution in [3.05, 3.63) is 162 Å². The average molecular weight is 533 g/mol. The summed E-state index contributed by atoms with van der Waals surface area (Å²) in [7, 11) is -2.72. The van der Waals surface area contributed by atoms with Gasteiger partial charge in [0, 0.05) is 5.04 Å². The Morgan fingerprint density at radius 3 is 1.23 bits per heavy atom. The van der Waals surface area contributed by atoms with Crippen molar-refractivity contribution in [2.45, 2.75) is 32.7 Å². The number of rotatable bonds is 6. The van der Waals surface area contributed by atoms with Crippen LogP contribution in [-0.4, -0.2) is 8.07 Å². The standard InChI is InChI=1S/C39H36Si/c1-29-28-39(4,31(3)30(29)2)40(36-21-13-7-14-22-36,37-23-15-8-16-24-37)38-26-34(32-17-9-5-10-18-32)25-35(27-38)33-19-11-6-12-20-33/h5-28H,1-4H3. The molecule has 40 heavy (non-hydrogen) atoms. The zero-order chi connectivity index (χ0) is 27.7. The average Bonchev–Trinajstić information content (AvgIpc) is 3.22. The van der Waals surface area contributed by atoms with E-state index < -0.39 is 8.07 Å². The molecule has 1 heteroatoms. The predicted molar refractivity (Wildman–Crippen MR) is 175 cm³/mol. The van der Waals surface area contributed by atoms with Crippen LogP contribution < -0.4 is 15.6 Å². The lowest BCUT2D eigenvalue weighted by atomic mass is 9.99. The van der Waals surface area contributed by atoms with Gasteiger partial charge in [-0.25, -0.2) is 0 Å². The van der Waals surface area contributed by atoms with E-state index in [0.717, 1.165) is 0 Å². The van der Waals surface area contributed by atoms with Crippen LogP contribution in [0.25, 0.3) is 22.3 Å². The van der Waals surface area contributed by atoms with Gasteiger partial charge in [0.05, 0.1) is 0 Å². The van der Waals surface area contributed by atoms with Crippen LogP contribution in [0.2, 0.25) is 5.04 Å². The molecule has 1 unspecified atom stereocenters. The Morgan fingerprint density at radius 2 is 0.850 bits per heavy atom. The number of hydrogen-bond donors (Lipinski definition) is 0. The van der Waals surface area contributed by atoms with E-state index in [4.69, 9.17) is 0 Å². The highest BCUT2D eigenvalue weighted by Gasteiger charge is 2.56. The van der Waals surface area contributed by atoms with E-state index in [2.05, 4.69) is 173 Å². The van der Waals surface area contributed by atoms with Crippen molar-refractivity contribution in [2.75, 3.05) is 0 Å². The topological polar surface area (TPSA) is 0 Å². The van der Waals surface area contributed by atoms with Gasteiger partial charge in [-0.05, 0) is 70.2 Å². The Bertz CT molecular complexity index is 1600. The second kappa shape index (κ2) is 10.4. The number of benzene rings is 5. The van der Waals surface area contributed by atoms with Gasteiger partial charge in [-0.3, -0.25) is 0 Å². The highest BCUT2D eigenvalue weighted by atomic mass is 28.3. The molecule has 0 aromatic heterocycles. The zero-order valence-corrected chi connectivity index (χ0v) is 24.9. The molecule has 0 saturated carbocycles. The molecule has 0 bridgehead atoms. The minimum Gasteiger partial charge on any atom is -0.0730 e. The molecular formula is C39H36Si. The van der Waals surface area contributed by atoms with E-state index in [1.54, 1.807) is 0 Å². The first-order chi connectivity index (χ1) is 19.4. The van der Waals surface area contributed by atoms with Crippen LogP contribution in [0.1, 0.15) is 27.7 Å². The fourth-order valence-electron chi connectivity index (χ4n) is 6.94.